The van der Waals surface area contributed by atoms with E-state index in [2.05, 4.69) is 10.6 Å². The molecule has 2 aromatic rings. The van der Waals surface area contributed by atoms with E-state index < -0.39 is 23.9 Å². The van der Waals surface area contributed by atoms with Crippen molar-refractivity contribution in [3.05, 3.63) is 59.4 Å². The molecule has 2 amide bonds. The van der Waals surface area contributed by atoms with Crippen molar-refractivity contribution in [3.63, 3.8) is 0 Å². The van der Waals surface area contributed by atoms with Crippen LogP contribution in [-0.4, -0.2) is 44.9 Å². The number of aliphatic hydroxyl groups is 1. The smallest absolute Gasteiger partial charge is 0.337 e. The molecular formula is C19H22FN3O4. The summed E-state index contributed by atoms with van der Waals surface area (Å²) in [7, 11) is 4.85. The maximum absolute atomic E-state index is 12.9. The van der Waals surface area contributed by atoms with Crippen molar-refractivity contribution in [2.45, 2.75) is 6.10 Å². The number of rotatable bonds is 6. The van der Waals surface area contributed by atoms with Gasteiger partial charge in [0.15, 0.2) is 0 Å². The topological polar surface area (TPSA) is 90.9 Å². The van der Waals surface area contributed by atoms with Gasteiger partial charge in [-0.05, 0) is 35.9 Å². The van der Waals surface area contributed by atoms with Gasteiger partial charge in [0, 0.05) is 20.6 Å². The second-order valence-electron chi connectivity index (χ2n) is 6.02. The number of nitrogens with zero attached hydrogens (tertiary/aromatic N) is 1. The number of ether oxygens (including phenoxy) is 1. The van der Waals surface area contributed by atoms with E-state index in [1.165, 1.54) is 31.4 Å². The zero-order chi connectivity index (χ0) is 20.0. The lowest BCUT2D eigenvalue weighted by molar-refractivity contribution is 0.0601. The van der Waals surface area contributed by atoms with Crippen LogP contribution in [0.5, 0.6) is 0 Å². The number of carbonyl (C=O) groups is 2. The highest BCUT2D eigenvalue weighted by atomic mass is 19.1. The maximum atomic E-state index is 12.9. The van der Waals surface area contributed by atoms with Gasteiger partial charge >= 0.3 is 12.0 Å². The molecule has 1 atom stereocenters. The van der Waals surface area contributed by atoms with Crippen LogP contribution in [0.25, 0.3) is 0 Å². The number of esters is 1. The van der Waals surface area contributed by atoms with E-state index in [0.717, 1.165) is 0 Å². The molecule has 7 nitrogen and oxygen atoms in total. The normalized spacial score (nSPS) is 11.4. The molecule has 0 heterocycles. The number of halogens is 1. The Morgan fingerprint density at radius 3 is 2.44 bits per heavy atom. The van der Waals surface area contributed by atoms with Crippen molar-refractivity contribution in [2.75, 3.05) is 38.0 Å². The Bertz CT molecular complexity index is 809. The van der Waals surface area contributed by atoms with Crippen molar-refractivity contribution in [1.82, 2.24) is 5.32 Å². The van der Waals surface area contributed by atoms with Crippen molar-refractivity contribution in [1.29, 1.82) is 0 Å². The van der Waals surface area contributed by atoms with Gasteiger partial charge in [0.05, 0.1) is 30.2 Å². The fraction of sp³-hybridized carbons (Fsp3) is 0.263. The molecular weight excluding hydrogens is 353 g/mol. The zero-order valence-corrected chi connectivity index (χ0v) is 15.3. The van der Waals surface area contributed by atoms with Crippen molar-refractivity contribution in [3.8, 4) is 0 Å². The zero-order valence-electron chi connectivity index (χ0n) is 15.3. The summed E-state index contributed by atoms with van der Waals surface area (Å²) >= 11 is 0. The lowest BCUT2D eigenvalue weighted by Gasteiger charge is -2.19. The predicted molar refractivity (Wildman–Crippen MR) is 100 cm³/mol. The predicted octanol–water partition coefficient (Wildman–Crippen LogP) is 2.53. The van der Waals surface area contributed by atoms with Crippen LogP contribution in [0.3, 0.4) is 0 Å². The number of methoxy groups -OCH3 is 1. The van der Waals surface area contributed by atoms with Gasteiger partial charge in [0.1, 0.15) is 5.82 Å². The molecule has 0 aliphatic heterocycles. The molecule has 0 unspecified atom stereocenters. The standard InChI is InChI=1S/C19H22FN3O4/c1-23(2)16-10-13(18(25)27-3)6-9-15(16)22-19(26)21-11-17(24)12-4-7-14(20)8-5-12/h4-10,17,24H,11H2,1-3H3,(H2,21,22,26)/t17-/m1/s1. The molecule has 2 rings (SSSR count). The number of amides is 2. The number of hydrogen-bond acceptors (Lipinski definition) is 5. The number of aliphatic hydroxyl groups excluding tert-OH is 1. The first-order chi connectivity index (χ1) is 12.8. The van der Waals surface area contributed by atoms with Crippen molar-refractivity contribution >= 4 is 23.4 Å². The number of anilines is 2. The second-order valence-corrected chi connectivity index (χ2v) is 6.02. The second kappa shape index (κ2) is 9.00. The Labute approximate surface area is 156 Å². The fourth-order valence-electron chi connectivity index (χ4n) is 2.41. The average Bonchev–Trinajstić information content (AvgIpc) is 2.66. The first-order valence-electron chi connectivity index (χ1n) is 8.20. The van der Waals surface area contributed by atoms with Gasteiger partial charge in [-0.1, -0.05) is 12.1 Å². The molecule has 0 saturated carbocycles. The minimum absolute atomic E-state index is 0.0466. The monoisotopic (exact) mass is 375 g/mol. The van der Waals surface area contributed by atoms with Crippen LogP contribution in [0.2, 0.25) is 0 Å². The lowest BCUT2D eigenvalue weighted by atomic mass is 10.1. The molecule has 0 aliphatic carbocycles. The van der Waals surface area contributed by atoms with Crippen LogP contribution < -0.4 is 15.5 Å². The quantitative estimate of drug-likeness (QED) is 0.675. The molecule has 27 heavy (non-hydrogen) atoms. The summed E-state index contributed by atoms with van der Waals surface area (Å²) in [6, 6.07) is 9.61. The number of urea groups is 1. The minimum atomic E-state index is -0.966. The van der Waals surface area contributed by atoms with Gasteiger partial charge < -0.3 is 25.4 Å². The highest BCUT2D eigenvalue weighted by Crippen LogP contribution is 2.26. The van der Waals surface area contributed by atoms with Gasteiger partial charge in [-0.25, -0.2) is 14.0 Å². The molecule has 8 heteroatoms. The Morgan fingerprint density at radius 1 is 1.19 bits per heavy atom. The Morgan fingerprint density at radius 2 is 1.85 bits per heavy atom. The van der Waals surface area contributed by atoms with Crippen LogP contribution in [0.1, 0.15) is 22.0 Å². The van der Waals surface area contributed by atoms with E-state index in [-0.39, 0.29) is 6.54 Å². The fourth-order valence-corrected chi connectivity index (χ4v) is 2.41. The molecule has 144 valence electrons. The highest BCUT2D eigenvalue weighted by Gasteiger charge is 2.14. The van der Waals surface area contributed by atoms with Crippen LogP contribution in [0.15, 0.2) is 42.5 Å². The van der Waals surface area contributed by atoms with Gasteiger partial charge in [-0.15, -0.1) is 0 Å². The summed E-state index contributed by atoms with van der Waals surface area (Å²) in [6.45, 7) is -0.0466. The van der Waals surface area contributed by atoms with Gasteiger partial charge in [-0.2, -0.15) is 0 Å². The summed E-state index contributed by atoms with van der Waals surface area (Å²) in [6.07, 6.45) is -0.966. The van der Waals surface area contributed by atoms with Gasteiger partial charge in [0.2, 0.25) is 0 Å². The molecule has 0 aromatic heterocycles. The SMILES string of the molecule is COC(=O)c1ccc(NC(=O)NC[C@@H](O)c2ccc(F)cc2)c(N(C)C)c1. The van der Waals surface area contributed by atoms with E-state index in [0.29, 0.717) is 22.5 Å². The van der Waals surface area contributed by atoms with Crippen molar-refractivity contribution in [2.24, 2.45) is 0 Å². The van der Waals surface area contributed by atoms with Crippen LogP contribution in [-0.2, 0) is 4.74 Å². The summed E-state index contributed by atoms with van der Waals surface area (Å²) in [5, 5.41) is 15.3. The van der Waals surface area contributed by atoms with Gasteiger partial charge in [-0.3, -0.25) is 0 Å². The Balaban J connectivity index is 2.02. The molecule has 0 aliphatic rings. The number of carbonyl (C=O) groups excluding carboxylic acids is 2. The molecule has 0 fully saturated rings. The molecule has 0 saturated heterocycles. The highest BCUT2D eigenvalue weighted by molar-refractivity contribution is 5.96. The summed E-state index contributed by atoms with van der Waals surface area (Å²) in [4.78, 5) is 25.6. The molecule has 0 bridgehead atoms. The molecule has 2 aromatic carbocycles. The van der Waals surface area contributed by atoms with E-state index in [9.17, 15) is 19.1 Å². The summed E-state index contributed by atoms with van der Waals surface area (Å²) in [5.74, 6) is -0.875. The third kappa shape index (κ3) is 5.42. The third-order valence-electron chi connectivity index (χ3n) is 3.86. The number of hydrogen-bond donors (Lipinski definition) is 3. The minimum Gasteiger partial charge on any atom is -0.465 e. The first-order valence-corrected chi connectivity index (χ1v) is 8.20. The van der Waals surface area contributed by atoms with Crippen LogP contribution in [0.4, 0.5) is 20.6 Å². The van der Waals surface area contributed by atoms with E-state index in [1.807, 2.05) is 0 Å². The largest absolute Gasteiger partial charge is 0.465 e. The Hall–Kier alpha value is -3.13. The summed E-state index contributed by atoms with van der Waals surface area (Å²) < 4.78 is 17.6. The summed E-state index contributed by atoms with van der Waals surface area (Å²) in [5.41, 5.74) is 1.96. The van der Waals surface area contributed by atoms with Crippen LogP contribution in [0, 0.1) is 5.82 Å². The van der Waals surface area contributed by atoms with Crippen LogP contribution >= 0.6 is 0 Å². The number of nitrogens with one attached hydrogen (secondary N) is 2. The first kappa shape index (κ1) is 20.2. The van der Waals surface area contributed by atoms with E-state index in [4.69, 9.17) is 4.74 Å². The van der Waals surface area contributed by atoms with Gasteiger partial charge in [0.25, 0.3) is 0 Å². The molecule has 0 radical (unpaired) electrons. The third-order valence-corrected chi connectivity index (χ3v) is 3.86. The average molecular weight is 375 g/mol. The maximum Gasteiger partial charge on any atom is 0.337 e. The molecule has 3 N–H and O–H groups in total. The molecule has 0 spiro atoms. The van der Waals surface area contributed by atoms with E-state index >= 15 is 0 Å². The van der Waals surface area contributed by atoms with Crippen molar-refractivity contribution < 1.29 is 23.8 Å². The number of benzene rings is 2. The Kier molecular flexibility index (Phi) is 6.73. The van der Waals surface area contributed by atoms with E-state index in [1.54, 1.807) is 37.2 Å². The lowest BCUT2D eigenvalue weighted by Crippen LogP contribution is -2.33.